The summed E-state index contributed by atoms with van der Waals surface area (Å²) in [5.74, 6) is 0.330. The molecular weight excluding hydrogens is 342 g/mol. The van der Waals surface area contributed by atoms with Crippen molar-refractivity contribution in [3.05, 3.63) is 65.7 Å². The lowest BCUT2D eigenvalue weighted by atomic mass is 9.89. The van der Waals surface area contributed by atoms with Crippen LogP contribution in [0.3, 0.4) is 0 Å². The van der Waals surface area contributed by atoms with Crippen molar-refractivity contribution in [2.24, 2.45) is 11.7 Å². The number of nitrogens with two attached hydrogens (primary N) is 1. The van der Waals surface area contributed by atoms with Gasteiger partial charge in [-0.1, -0.05) is 42.5 Å². The number of benzene rings is 2. The molecule has 5 heteroatoms. The molecule has 136 valence electrons. The van der Waals surface area contributed by atoms with Crippen molar-refractivity contribution in [2.45, 2.75) is 19.4 Å². The maximum Gasteiger partial charge on any atom is 0.171 e. The van der Waals surface area contributed by atoms with Gasteiger partial charge in [0.15, 0.2) is 10.9 Å². The van der Waals surface area contributed by atoms with E-state index in [4.69, 9.17) is 18.0 Å². The summed E-state index contributed by atoms with van der Waals surface area (Å²) < 4.78 is 0. The Morgan fingerprint density at radius 1 is 1.15 bits per heavy atom. The molecule has 0 amide bonds. The first-order valence-electron chi connectivity index (χ1n) is 8.98. The molecule has 1 heterocycles. The van der Waals surface area contributed by atoms with Crippen molar-refractivity contribution < 1.29 is 4.79 Å². The van der Waals surface area contributed by atoms with E-state index in [2.05, 4.69) is 11.9 Å². The Labute approximate surface area is 160 Å². The molecular formula is C21H25N3OS. The largest absolute Gasteiger partial charge is 0.376 e. The number of carbonyl (C=O) groups is 1. The number of nitrogens with zero attached hydrogens (tertiary/aromatic N) is 2. The van der Waals surface area contributed by atoms with E-state index in [0.717, 1.165) is 42.7 Å². The molecule has 2 aromatic carbocycles. The lowest BCUT2D eigenvalue weighted by Gasteiger charge is -2.28. The smallest absolute Gasteiger partial charge is 0.171 e. The van der Waals surface area contributed by atoms with Crippen LogP contribution in [0.15, 0.2) is 54.6 Å². The molecule has 4 nitrogen and oxygen atoms in total. The summed E-state index contributed by atoms with van der Waals surface area (Å²) >= 11 is 5.26. The third-order valence-electron chi connectivity index (χ3n) is 4.98. The van der Waals surface area contributed by atoms with Crippen molar-refractivity contribution >= 4 is 28.8 Å². The molecule has 2 aromatic rings. The highest BCUT2D eigenvalue weighted by Gasteiger charge is 2.25. The highest BCUT2D eigenvalue weighted by atomic mass is 32.1. The van der Waals surface area contributed by atoms with Gasteiger partial charge in [-0.3, -0.25) is 4.79 Å². The first kappa shape index (κ1) is 18.5. The maximum atomic E-state index is 12.9. The van der Waals surface area contributed by atoms with Gasteiger partial charge >= 0.3 is 0 Å². The molecule has 3 rings (SSSR count). The van der Waals surface area contributed by atoms with Gasteiger partial charge < -0.3 is 15.5 Å². The Hall–Kier alpha value is -2.24. The lowest BCUT2D eigenvalue weighted by molar-refractivity contribution is 0.0857. The summed E-state index contributed by atoms with van der Waals surface area (Å²) in [7, 11) is 2.10. The number of carbonyl (C=O) groups excluding carboxylic acids is 1. The van der Waals surface area contributed by atoms with Crippen LogP contribution in [0.5, 0.6) is 0 Å². The van der Waals surface area contributed by atoms with Crippen LogP contribution in [0.2, 0.25) is 0 Å². The minimum Gasteiger partial charge on any atom is -0.376 e. The van der Waals surface area contributed by atoms with Gasteiger partial charge in [0.25, 0.3) is 0 Å². The number of likely N-dealkylation sites (tertiary alicyclic amines) is 1. The zero-order chi connectivity index (χ0) is 18.5. The molecule has 0 aromatic heterocycles. The Bertz CT molecular complexity index is 770. The average Bonchev–Trinajstić information content (AvgIpc) is 2.67. The Balaban J connectivity index is 1.80. The molecule has 1 fully saturated rings. The molecule has 0 saturated carbocycles. The number of hydrogen-bond donors (Lipinski definition) is 1. The predicted octanol–water partition coefficient (Wildman–Crippen LogP) is 3.46. The van der Waals surface area contributed by atoms with Crippen molar-refractivity contribution in [1.29, 1.82) is 0 Å². The zero-order valence-electron chi connectivity index (χ0n) is 15.1. The van der Waals surface area contributed by atoms with E-state index in [1.165, 1.54) is 0 Å². The fourth-order valence-corrected chi connectivity index (χ4v) is 3.57. The molecule has 1 saturated heterocycles. The van der Waals surface area contributed by atoms with Gasteiger partial charge in [-0.2, -0.15) is 0 Å². The van der Waals surface area contributed by atoms with Crippen LogP contribution in [0.1, 0.15) is 28.8 Å². The van der Waals surface area contributed by atoms with E-state index in [9.17, 15) is 4.79 Å². The van der Waals surface area contributed by atoms with Crippen LogP contribution in [0.4, 0.5) is 5.69 Å². The van der Waals surface area contributed by atoms with Crippen LogP contribution < -0.4 is 10.6 Å². The Kier molecular flexibility index (Phi) is 6.01. The summed E-state index contributed by atoms with van der Waals surface area (Å²) in [5.41, 5.74) is 8.69. The average molecular weight is 368 g/mol. The second-order valence-electron chi connectivity index (χ2n) is 6.90. The number of anilines is 1. The van der Waals surface area contributed by atoms with Crippen LogP contribution in [0, 0.1) is 5.92 Å². The molecule has 0 unspecified atom stereocenters. The molecule has 2 N–H and O–H groups in total. The van der Waals surface area contributed by atoms with Gasteiger partial charge in [0.2, 0.25) is 0 Å². The van der Waals surface area contributed by atoms with Gasteiger partial charge in [-0.25, -0.2) is 0 Å². The van der Waals surface area contributed by atoms with E-state index < -0.39 is 0 Å². The van der Waals surface area contributed by atoms with E-state index in [-0.39, 0.29) is 11.7 Å². The van der Waals surface area contributed by atoms with Gasteiger partial charge in [-0.05, 0) is 62.9 Å². The van der Waals surface area contributed by atoms with Gasteiger partial charge in [0.05, 0.1) is 6.54 Å². The quantitative estimate of drug-likeness (QED) is 0.648. The molecule has 0 atom stereocenters. The molecule has 0 bridgehead atoms. The van der Waals surface area contributed by atoms with Crippen LogP contribution >= 0.6 is 12.2 Å². The van der Waals surface area contributed by atoms with Gasteiger partial charge in [0, 0.05) is 17.2 Å². The summed E-state index contributed by atoms with van der Waals surface area (Å²) in [6.07, 6.45) is 1.84. The SMILES string of the molecule is CN1CCC(C(=O)c2cccc(N(Cc3ccccc3)C(N)=S)c2)CC1. The zero-order valence-corrected chi connectivity index (χ0v) is 15.9. The summed E-state index contributed by atoms with van der Waals surface area (Å²) in [6, 6.07) is 17.7. The monoisotopic (exact) mass is 367 g/mol. The summed E-state index contributed by atoms with van der Waals surface area (Å²) in [5, 5.41) is 0.303. The summed E-state index contributed by atoms with van der Waals surface area (Å²) in [6.45, 7) is 2.54. The number of piperidine rings is 1. The van der Waals surface area contributed by atoms with Crippen LogP contribution in [0.25, 0.3) is 0 Å². The third-order valence-corrected chi connectivity index (χ3v) is 5.20. The van der Waals surface area contributed by atoms with E-state index in [0.29, 0.717) is 11.7 Å². The second-order valence-corrected chi connectivity index (χ2v) is 7.32. The number of rotatable bonds is 5. The first-order chi connectivity index (χ1) is 12.5. The standard InChI is InChI=1S/C21H25N3OS/c1-23-12-10-17(11-13-23)20(25)18-8-5-9-19(14-18)24(21(22)26)15-16-6-3-2-4-7-16/h2-9,14,17H,10-13,15H2,1H3,(H2,22,26). The number of thiocarbonyl (C=S) groups is 1. The fourth-order valence-electron chi connectivity index (χ4n) is 3.40. The molecule has 0 radical (unpaired) electrons. The minimum absolute atomic E-state index is 0.105. The maximum absolute atomic E-state index is 12.9. The van der Waals surface area contributed by atoms with Gasteiger partial charge in [-0.15, -0.1) is 0 Å². The molecule has 1 aliphatic heterocycles. The fraction of sp³-hybridized carbons (Fsp3) is 0.333. The number of Topliss-reactive ketones (excluding diaryl/α,β-unsaturated/α-hetero) is 1. The highest BCUT2D eigenvalue weighted by Crippen LogP contribution is 2.24. The molecule has 0 aliphatic carbocycles. The van der Waals surface area contributed by atoms with Crippen molar-refractivity contribution in [2.75, 3.05) is 25.0 Å². The first-order valence-corrected chi connectivity index (χ1v) is 9.39. The minimum atomic E-state index is 0.105. The van der Waals surface area contributed by atoms with Gasteiger partial charge in [0.1, 0.15) is 0 Å². The van der Waals surface area contributed by atoms with Crippen molar-refractivity contribution in [3.8, 4) is 0 Å². The summed E-state index contributed by atoms with van der Waals surface area (Å²) in [4.78, 5) is 17.1. The number of hydrogen-bond acceptors (Lipinski definition) is 3. The second kappa shape index (κ2) is 8.43. The lowest BCUT2D eigenvalue weighted by Crippen LogP contribution is -2.35. The highest BCUT2D eigenvalue weighted by molar-refractivity contribution is 7.80. The molecule has 0 spiro atoms. The number of ketones is 1. The van der Waals surface area contributed by atoms with E-state index in [1.54, 1.807) is 0 Å². The normalized spacial score (nSPS) is 15.6. The third kappa shape index (κ3) is 4.48. The van der Waals surface area contributed by atoms with Crippen molar-refractivity contribution in [1.82, 2.24) is 4.90 Å². The molecule has 26 heavy (non-hydrogen) atoms. The van der Waals surface area contributed by atoms with Crippen molar-refractivity contribution in [3.63, 3.8) is 0 Å². The molecule has 1 aliphatic rings. The predicted molar refractivity (Wildman–Crippen MR) is 110 cm³/mol. The van der Waals surface area contributed by atoms with Crippen LogP contribution in [-0.2, 0) is 6.54 Å². The Morgan fingerprint density at radius 2 is 1.85 bits per heavy atom. The van der Waals surface area contributed by atoms with E-state index >= 15 is 0 Å². The van der Waals surface area contributed by atoms with Crippen LogP contribution in [-0.4, -0.2) is 35.9 Å². The van der Waals surface area contributed by atoms with E-state index in [1.807, 2.05) is 59.5 Å². The topological polar surface area (TPSA) is 49.6 Å². The Morgan fingerprint density at radius 3 is 2.50 bits per heavy atom.